The Hall–Kier alpha value is -2.83. The van der Waals surface area contributed by atoms with Crippen molar-refractivity contribution in [2.45, 2.75) is 25.3 Å². The maximum Gasteiger partial charge on any atom is 0.307 e. The molecule has 0 radical (unpaired) electrons. The van der Waals surface area contributed by atoms with E-state index in [0.29, 0.717) is 29.9 Å². The Labute approximate surface area is 158 Å². The van der Waals surface area contributed by atoms with E-state index in [2.05, 4.69) is 5.32 Å². The minimum absolute atomic E-state index is 0.0357. The van der Waals surface area contributed by atoms with E-state index < -0.39 is 17.9 Å². The summed E-state index contributed by atoms with van der Waals surface area (Å²) in [4.78, 5) is 35.9. The smallest absolute Gasteiger partial charge is 0.307 e. The van der Waals surface area contributed by atoms with E-state index in [-0.39, 0.29) is 18.2 Å². The first-order valence-corrected chi connectivity index (χ1v) is 8.73. The number of rotatable bonds is 8. The van der Waals surface area contributed by atoms with E-state index in [1.807, 2.05) is 12.2 Å². The van der Waals surface area contributed by atoms with Crippen molar-refractivity contribution in [1.29, 1.82) is 0 Å². The van der Waals surface area contributed by atoms with E-state index in [4.69, 9.17) is 14.2 Å². The topological polar surface area (TPSA) is 90.9 Å². The van der Waals surface area contributed by atoms with Crippen LogP contribution < -0.4 is 14.8 Å². The molecule has 0 spiro atoms. The number of methoxy groups -OCH3 is 3. The summed E-state index contributed by atoms with van der Waals surface area (Å²) in [5.41, 5.74) is 0.681. The fourth-order valence-electron chi connectivity index (χ4n) is 3.14. The number of benzene rings is 1. The molecule has 1 aliphatic rings. The van der Waals surface area contributed by atoms with Crippen LogP contribution in [0.3, 0.4) is 0 Å². The molecule has 0 heterocycles. The van der Waals surface area contributed by atoms with Gasteiger partial charge in [-0.15, -0.1) is 0 Å². The fourth-order valence-corrected chi connectivity index (χ4v) is 3.14. The standard InChI is InChI=1S/C20H25NO6/c1-25-17-9-8-13(10-18(17)26-2)16(11-19(23)27-3)21-20(24)15-7-5-4-6-14(15)12-22/h4-5,8-10,12,14-16H,6-7,11H2,1-3H3,(H,21,24). The molecule has 27 heavy (non-hydrogen) atoms. The van der Waals surface area contributed by atoms with E-state index in [9.17, 15) is 14.4 Å². The molecule has 0 bridgehead atoms. The van der Waals surface area contributed by atoms with Gasteiger partial charge in [0.05, 0.1) is 39.7 Å². The lowest BCUT2D eigenvalue weighted by Gasteiger charge is -2.26. The fraction of sp³-hybridized carbons (Fsp3) is 0.450. The van der Waals surface area contributed by atoms with Crippen LogP contribution in [-0.4, -0.2) is 39.5 Å². The average molecular weight is 375 g/mol. The Morgan fingerprint density at radius 2 is 1.85 bits per heavy atom. The number of ether oxygens (including phenoxy) is 3. The molecule has 0 saturated heterocycles. The summed E-state index contributed by atoms with van der Waals surface area (Å²) in [6.45, 7) is 0. The van der Waals surface area contributed by atoms with Crippen LogP contribution in [-0.2, 0) is 19.1 Å². The highest BCUT2D eigenvalue weighted by atomic mass is 16.5. The monoisotopic (exact) mass is 375 g/mol. The summed E-state index contributed by atoms with van der Waals surface area (Å²) in [5, 5.41) is 2.89. The van der Waals surface area contributed by atoms with Crippen LogP contribution >= 0.6 is 0 Å². The molecule has 0 aliphatic heterocycles. The largest absolute Gasteiger partial charge is 0.493 e. The van der Waals surface area contributed by atoms with Crippen LogP contribution in [0.25, 0.3) is 0 Å². The van der Waals surface area contributed by atoms with Gasteiger partial charge >= 0.3 is 5.97 Å². The number of allylic oxidation sites excluding steroid dienone is 2. The first-order valence-electron chi connectivity index (χ1n) is 8.73. The number of amides is 1. The Kier molecular flexibility index (Phi) is 7.40. The third kappa shape index (κ3) is 5.09. The maximum absolute atomic E-state index is 12.8. The second kappa shape index (κ2) is 9.75. The minimum Gasteiger partial charge on any atom is -0.493 e. The van der Waals surface area contributed by atoms with Gasteiger partial charge in [-0.1, -0.05) is 18.2 Å². The molecule has 1 amide bonds. The van der Waals surface area contributed by atoms with Crippen molar-refractivity contribution in [2.75, 3.05) is 21.3 Å². The van der Waals surface area contributed by atoms with Crippen molar-refractivity contribution in [1.82, 2.24) is 5.32 Å². The Balaban J connectivity index is 2.26. The van der Waals surface area contributed by atoms with Crippen LogP contribution in [0, 0.1) is 11.8 Å². The van der Waals surface area contributed by atoms with Crippen LogP contribution in [0.2, 0.25) is 0 Å². The van der Waals surface area contributed by atoms with E-state index in [0.717, 1.165) is 6.29 Å². The van der Waals surface area contributed by atoms with Gasteiger partial charge in [-0.3, -0.25) is 9.59 Å². The highest BCUT2D eigenvalue weighted by Gasteiger charge is 2.31. The summed E-state index contributed by atoms with van der Waals surface area (Å²) >= 11 is 0. The number of hydrogen-bond acceptors (Lipinski definition) is 6. The summed E-state index contributed by atoms with van der Waals surface area (Å²) in [6.07, 6.45) is 5.62. The number of esters is 1. The zero-order valence-electron chi connectivity index (χ0n) is 15.8. The van der Waals surface area contributed by atoms with Crippen molar-refractivity contribution in [3.8, 4) is 11.5 Å². The third-order valence-corrected chi connectivity index (χ3v) is 4.72. The Morgan fingerprint density at radius 3 is 2.48 bits per heavy atom. The van der Waals surface area contributed by atoms with Gasteiger partial charge in [0, 0.05) is 5.92 Å². The van der Waals surface area contributed by atoms with Gasteiger partial charge in [0.2, 0.25) is 5.91 Å². The number of hydrogen-bond donors (Lipinski definition) is 1. The van der Waals surface area contributed by atoms with Gasteiger partial charge in [0.15, 0.2) is 11.5 Å². The normalized spacial score (nSPS) is 19.7. The van der Waals surface area contributed by atoms with Crippen molar-refractivity contribution in [2.24, 2.45) is 11.8 Å². The van der Waals surface area contributed by atoms with Crippen molar-refractivity contribution in [3.63, 3.8) is 0 Å². The molecule has 1 aromatic carbocycles. The predicted octanol–water partition coefficient (Wildman–Crippen LogP) is 2.21. The Bertz CT molecular complexity index is 714. The molecule has 1 aliphatic carbocycles. The van der Waals surface area contributed by atoms with Gasteiger partial charge < -0.3 is 24.3 Å². The van der Waals surface area contributed by atoms with Gasteiger partial charge in [-0.2, -0.15) is 0 Å². The molecule has 1 aromatic rings. The number of carbonyl (C=O) groups is 3. The molecule has 0 fully saturated rings. The summed E-state index contributed by atoms with van der Waals surface area (Å²) in [7, 11) is 4.34. The lowest BCUT2D eigenvalue weighted by Crippen LogP contribution is -2.39. The summed E-state index contributed by atoms with van der Waals surface area (Å²) in [5.74, 6) is -0.494. The number of nitrogens with one attached hydrogen (secondary N) is 1. The molecular weight excluding hydrogens is 350 g/mol. The molecular formula is C20H25NO6. The molecule has 7 heteroatoms. The highest BCUT2D eigenvalue weighted by molar-refractivity contribution is 5.83. The molecule has 1 N–H and O–H groups in total. The van der Waals surface area contributed by atoms with Crippen molar-refractivity contribution < 1.29 is 28.6 Å². The zero-order chi connectivity index (χ0) is 19.8. The second-order valence-electron chi connectivity index (χ2n) is 6.31. The summed E-state index contributed by atoms with van der Waals surface area (Å²) in [6, 6.07) is 4.57. The zero-order valence-corrected chi connectivity index (χ0v) is 15.8. The van der Waals surface area contributed by atoms with Crippen LogP contribution in [0.4, 0.5) is 0 Å². The van der Waals surface area contributed by atoms with Gasteiger partial charge in [0.1, 0.15) is 6.29 Å². The van der Waals surface area contributed by atoms with Crippen LogP contribution in [0.1, 0.15) is 30.9 Å². The molecule has 146 valence electrons. The second-order valence-corrected chi connectivity index (χ2v) is 6.31. The van der Waals surface area contributed by atoms with Gasteiger partial charge in [-0.25, -0.2) is 0 Å². The molecule has 3 atom stereocenters. The molecule has 0 aromatic heterocycles. The average Bonchev–Trinajstić information content (AvgIpc) is 2.72. The van der Waals surface area contributed by atoms with Crippen LogP contribution in [0.5, 0.6) is 11.5 Å². The SMILES string of the molecule is COC(=O)CC(NC(=O)C1CC=CCC1C=O)c1ccc(OC)c(OC)c1. The first kappa shape index (κ1) is 20.5. The van der Waals surface area contributed by atoms with Crippen molar-refractivity contribution in [3.05, 3.63) is 35.9 Å². The van der Waals surface area contributed by atoms with E-state index in [1.54, 1.807) is 18.2 Å². The van der Waals surface area contributed by atoms with Gasteiger partial charge in [0.25, 0.3) is 0 Å². The van der Waals surface area contributed by atoms with Gasteiger partial charge in [-0.05, 0) is 30.5 Å². The minimum atomic E-state index is -0.608. The molecule has 3 unspecified atom stereocenters. The Morgan fingerprint density at radius 1 is 1.15 bits per heavy atom. The molecule has 2 rings (SSSR count). The van der Waals surface area contributed by atoms with Crippen LogP contribution in [0.15, 0.2) is 30.4 Å². The number of carbonyl (C=O) groups excluding carboxylic acids is 3. The third-order valence-electron chi connectivity index (χ3n) is 4.72. The highest BCUT2D eigenvalue weighted by Crippen LogP contribution is 2.32. The molecule has 7 nitrogen and oxygen atoms in total. The lowest BCUT2D eigenvalue weighted by atomic mass is 9.83. The molecule has 0 saturated carbocycles. The first-order chi connectivity index (χ1) is 13.0. The quantitative estimate of drug-likeness (QED) is 0.426. The predicted molar refractivity (Wildman–Crippen MR) is 98.5 cm³/mol. The lowest BCUT2D eigenvalue weighted by molar-refractivity contribution is -0.141. The summed E-state index contributed by atoms with van der Waals surface area (Å²) < 4.78 is 15.3. The maximum atomic E-state index is 12.8. The van der Waals surface area contributed by atoms with E-state index >= 15 is 0 Å². The number of aldehydes is 1. The van der Waals surface area contributed by atoms with Crippen molar-refractivity contribution >= 4 is 18.2 Å². The van der Waals surface area contributed by atoms with E-state index in [1.165, 1.54) is 21.3 Å².